The predicted octanol–water partition coefficient (Wildman–Crippen LogP) is 1.78. The summed E-state index contributed by atoms with van der Waals surface area (Å²) in [5.74, 6) is 0.686. The summed E-state index contributed by atoms with van der Waals surface area (Å²) in [5, 5.41) is 11.8. The molecular formula is C20H24N6O2. The van der Waals surface area contributed by atoms with Crippen molar-refractivity contribution in [2.24, 2.45) is 0 Å². The Labute approximate surface area is 162 Å². The molecule has 0 fully saturated rings. The summed E-state index contributed by atoms with van der Waals surface area (Å²) in [4.78, 5) is 25.4. The van der Waals surface area contributed by atoms with Gasteiger partial charge in [0.05, 0.1) is 11.3 Å². The Morgan fingerprint density at radius 2 is 2.11 bits per heavy atom. The number of nitrogens with zero attached hydrogens (tertiary/aromatic N) is 5. The van der Waals surface area contributed by atoms with Gasteiger partial charge in [0.15, 0.2) is 0 Å². The highest BCUT2D eigenvalue weighted by atomic mass is 16.2. The number of para-hydroxylation sites is 1. The average Bonchev–Trinajstić information content (AvgIpc) is 3.29. The summed E-state index contributed by atoms with van der Waals surface area (Å²) in [6, 6.07) is 9.24. The minimum absolute atomic E-state index is 0.00102. The number of fused-ring (bicyclic) bond motifs is 1. The van der Waals surface area contributed by atoms with Gasteiger partial charge in [0.2, 0.25) is 0 Å². The van der Waals surface area contributed by atoms with E-state index in [2.05, 4.69) is 15.5 Å². The molecule has 28 heavy (non-hydrogen) atoms. The monoisotopic (exact) mass is 380 g/mol. The van der Waals surface area contributed by atoms with E-state index >= 15 is 0 Å². The molecule has 1 unspecified atom stereocenters. The molecule has 8 nitrogen and oxygen atoms in total. The van der Waals surface area contributed by atoms with Gasteiger partial charge in [0.25, 0.3) is 5.91 Å². The van der Waals surface area contributed by atoms with Crippen molar-refractivity contribution in [3.05, 3.63) is 64.6 Å². The van der Waals surface area contributed by atoms with Crippen molar-refractivity contribution in [2.75, 3.05) is 0 Å². The molecule has 1 aliphatic rings. The Morgan fingerprint density at radius 1 is 1.25 bits per heavy atom. The molecule has 146 valence electrons. The van der Waals surface area contributed by atoms with E-state index in [1.165, 1.54) is 0 Å². The lowest BCUT2D eigenvalue weighted by Crippen LogP contribution is -2.36. The highest BCUT2D eigenvalue weighted by Gasteiger charge is 2.23. The lowest BCUT2D eigenvalue weighted by atomic mass is 10.1. The van der Waals surface area contributed by atoms with Gasteiger partial charge in [-0.2, -0.15) is 10.2 Å². The second-order valence-electron chi connectivity index (χ2n) is 7.04. The van der Waals surface area contributed by atoms with E-state index in [0.717, 1.165) is 24.4 Å². The molecule has 0 bridgehead atoms. The Hall–Kier alpha value is -3.16. The van der Waals surface area contributed by atoms with Gasteiger partial charge in [0, 0.05) is 37.9 Å². The second-order valence-corrected chi connectivity index (χ2v) is 7.04. The van der Waals surface area contributed by atoms with E-state index in [4.69, 9.17) is 0 Å². The van der Waals surface area contributed by atoms with Crippen LogP contribution in [0.2, 0.25) is 0 Å². The van der Waals surface area contributed by atoms with Crippen LogP contribution in [0.1, 0.15) is 42.4 Å². The number of benzene rings is 1. The summed E-state index contributed by atoms with van der Waals surface area (Å²) in [6.07, 6.45) is 6.53. The van der Waals surface area contributed by atoms with Crippen molar-refractivity contribution < 1.29 is 4.79 Å². The molecule has 0 spiro atoms. The number of hydrogen-bond acceptors (Lipinski definition) is 4. The molecule has 4 rings (SSSR count). The van der Waals surface area contributed by atoms with Crippen molar-refractivity contribution in [1.82, 2.24) is 29.4 Å². The Bertz CT molecular complexity index is 1020. The molecule has 1 aromatic carbocycles. The molecule has 3 aromatic rings. The lowest BCUT2D eigenvalue weighted by Gasteiger charge is -2.17. The largest absolute Gasteiger partial charge is 0.349 e. The molecular weight excluding hydrogens is 356 g/mol. The Morgan fingerprint density at radius 3 is 2.89 bits per heavy atom. The highest BCUT2D eigenvalue weighted by Crippen LogP contribution is 2.16. The molecule has 1 atom stereocenters. The van der Waals surface area contributed by atoms with Gasteiger partial charge in [-0.25, -0.2) is 14.2 Å². The van der Waals surface area contributed by atoms with E-state index in [1.807, 2.05) is 37.4 Å². The third-order valence-electron chi connectivity index (χ3n) is 5.09. The van der Waals surface area contributed by atoms with Gasteiger partial charge in [-0.1, -0.05) is 19.1 Å². The van der Waals surface area contributed by atoms with Crippen molar-refractivity contribution >= 4 is 5.91 Å². The summed E-state index contributed by atoms with van der Waals surface area (Å²) >= 11 is 0. The van der Waals surface area contributed by atoms with Crippen LogP contribution in [0.3, 0.4) is 0 Å². The quantitative estimate of drug-likeness (QED) is 0.731. The van der Waals surface area contributed by atoms with Crippen LogP contribution >= 0.6 is 0 Å². The number of carbonyl (C=O) groups excluding carboxylic acids is 1. The van der Waals surface area contributed by atoms with E-state index in [9.17, 15) is 9.59 Å². The number of amides is 1. The smallest absolute Gasteiger partial charge is 0.345 e. The van der Waals surface area contributed by atoms with Gasteiger partial charge in [-0.15, -0.1) is 0 Å². The van der Waals surface area contributed by atoms with Crippen LogP contribution in [-0.2, 0) is 19.5 Å². The first kappa shape index (κ1) is 18.2. The minimum atomic E-state index is -0.126. The van der Waals surface area contributed by atoms with Crippen molar-refractivity contribution in [2.45, 2.75) is 51.7 Å². The van der Waals surface area contributed by atoms with Gasteiger partial charge in [0.1, 0.15) is 5.82 Å². The zero-order chi connectivity index (χ0) is 19.5. The van der Waals surface area contributed by atoms with Crippen LogP contribution in [0.15, 0.2) is 47.5 Å². The maximum absolute atomic E-state index is 12.9. The Kier molecular flexibility index (Phi) is 5.10. The average molecular weight is 380 g/mol. The molecule has 0 aliphatic carbocycles. The van der Waals surface area contributed by atoms with Crippen LogP contribution < -0.4 is 11.0 Å². The normalized spacial score (nSPS) is 16.4. The third kappa shape index (κ3) is 3.49. The minimum Gasteiger partial charge on any atom is -0.349 e. The van der Waals surface area contributed by atoms with Gasteiger partial charge in [-0.3, -0.25) is 9.36 Å². The SMILES string of the molecule is CCCn1nc2n(c1=O)CCC(NC(=O)c1ccccc1-n1cccn1)CC2. The first-order chi connectivity index (χ1) is 13.7. The third-order valence-corrected chi connectivity index (χ3v) is 5.09. The lowest BCUT2D eigenvalue weighted by molar-refractivity contribution is 0.0932. The fraction of sp³-hybridized carbons (Fsp3) is 0.400. The standard InChI is InChI=1S/C20H24N6O2/c1-2-12-26-20(28)24-14-10-15(8-9-18(24)23-26)22-19(27)16-6-3-4-7-17(16)25-13-5-11-21-25/h3-7,11,13,15H,2,8-10,12,14H2,1H3,(H,22,27). The van der Waals surface area contributed by atoms with E-state index in [1.54, 1.807) is 26.2 Å². The van der Waals surface area contributed by atoms with Crippen LogP contribution in [0.5, 0.6) is 0 Å². The first-order valence-electron chi connectivity index (χ1n) is 9.73. The van der Waals surface area contributed by atoms with Crippen molar-refractivity contribution in [3.63, 3.8) is 0 Å². The van der Waals surface area contributed by atoms with Crippen LogP contribution in [0.4, 0.5) is 0 Å². The van der Waals surface area contributed by atoms with Gasteiger partial charge < -0.3 is 5.32 Å². The number of carbonyl (C=O) groups is 1. The van der Waals surface area contributed by atoms with Gasteiger partial charge >= 0.3 is 5.69 Å². The second kappa shape index (κ2) is 7.84. The highest BCUT2D eigenvalue weighted by molar-refractivity contribution is 5.97. The fourth-order valence-electron chi connectivity index (χ4n) is 3.67. The molecule has 0 radical (unpaired) electrons. The van der Waals surface area contributed by atoms with Crippen LogP contribution in [0, 0.1) is 0 Å². The zero-order valence-corrected chi connectivity index (χ0v) is 15.9. The summed E-state index contributed by atoms with van der Waals surface area (Å²) < 4.78 is 4.99. The van der Waals surface area contributed by atoms with Crippen molar-refractivity contribution in [3.8, 4) is 5.69 Å². The number of rotatable bonds is 5. The molecule has 3 heterocycles. The molecule has 0 saturated heterocycles. The molecule has 1 aliphatic heterocycles. The molecule has 2 aromatic heterocycles. The molecule has 0 saturated carbocycles. The topological polar surface area (TPSA) is 86.7 Å². The maximum atomic E-state index is 12.9. The number of aromatic nitrogens is 5. The molecule has 8 heteroatoms. The number of aryl methyl sites for hydroxylation is 2. The van der Waals surface area contributed by atoms with Gasteiger partial charge in [-0.05, 0) is 37.5 Å². The Balaban J connectivity index is 1.48. The van der Waals surface area contributed by atoms with Crippen LogP contribution in [-0.4, -0.2) is 36.1 Å². The zero-order valence-electron chi connectivity index (χ0n) is 15.9. The number of nitrogens with one attached hydrogen (secondary N) is 1. The molecule has 1 N–H and O–H groups in total. The summed E-state index contributed by atoms with van der Waals surface area (Å²) in [6.45, 7) is 3.25. The molecule has 1 amide bonds. The fourth-order valence-corrected chi connectivity index (χ4v) is 3.67. The number of hydrogen-bond donors (Lipinski definition) is 1. The maximum Gasteiger partial charge on any atom is 0.345 e. The predicted molar refractivity (Wildman–Crippen MR) is 105 cm³/mol. The van der Waals surface area contributed by atoms with E-state index in [0.29, 0.717) is 31.5 Å². The van der Waals surface area contributed by atoms with Crippen molar-refractivity contribution in [1.29, 1.82) is 0 Å². The van der Waals surface area contributed by atoms with E-state index < -0.39 is 0 Å². The summed E-state index contributed by atoms with van der Waals surface area (Å²) in [5.41, 5.74) is 1.28. The van der Waals surface area contributed by atoms with Crippen LogP contribution in [0.25, 0.3) is 5.69 Å². The summed E-state index contributed by atoms with van der Waals surface area (Å²) in [7, 11) is 0. The van der Waals surface area contributed by atoms with E-state index in [-0.39, 0.29) is 17.6 Å². The first-order valence-corrected chi connectivity index (χ1v) is 9.73.